The van der Waals surface area contributed by atoms with E-state index in [1.54, 1.807) is 31.9 Å². The highest BCUT2D eigenvalue weighted by molar-refractivity contribution is 6.31. The van der Waals surface area contributed by atoms with E-state index in [1.807, 2.05) is 93.0 Å². The van der Waals surface area contributed by atoms with E-state index in [0.29, 0.717) is 19.6 Å². The van der Waals surface area contributed by atoms with Crippen LogP contribution in [0.3, 0.4) is 0 Å². The zero-order valence-electron chi connectivity index (χ0n) is 59.7. The van der Waals surface area contributed by atoms with Crippen molar-refractivity contribution >= 4 is 55.2 Å². The minimum absolute atomic E-state index is 0.0232. The third-order valence-electron chi connectivity index (χ3n) is 21.3. The van der Waals surface area contributed by atoms with Crippen molar-refractivity contribution in [1.29, 1.82) is 0 Å². The largest absolute Gasteiger partial charge is 0.497 e. The van der Waals surface area contributed by atoms with Gasteiger partial charge in [0.25, 0.3) is 0 Å². The first-order valence-electron chi connectivity index (χ1n) is 35.6. The number of nitrogens with zero attached hydrogens (tertiary/aromatic N) is 10. The molecule has 4 atom stereocenters. The van der Waals surface area contributed by atoms with Crippen molar-refractivity contribution < 1.29 is 20.1 Å². The van der Waals surface area contributed by atoms with Crippen LogP contribution in [0, 0.1) is 20.8 Å². The molecule has 3 aliphatic heterocycles. The molecule has 5 aromatic carbocycles. The third-order valence-corrected chi connectivity index (χ3v) is 21.6. The quantitative estimate of drug-likeness (QED) is 0.0869. The number of methoxy groups -OCH3 is 1. The summed E-state index contributed by atoms with van der Waals surface area (Å²) in [5.41, 5.74) is 28.5. The van der Waals surface area contributed by atoms with Gasteiger partial charge in [-0.25, -0.2) is 0 Å². The van der Waals surface area contributed by atoms with Gasteiger partial charge in [-0.1, -0.05) is 70.8 Å². The minimum Gasteiger partial charge on any atom is -0.497 e. The van der Waals surface area contributed by atoms with E-state index in [4.69, 9.17) is 22.1 Å². The Balaban J connectivity index is 0.000000120. The minimum atomic E-state index is -0.996. The molecule has 0 radical (unpaired) electrons. The van der Waals surface area contributed by atoms with Crippen molar-refractivity contribution in [3.8, 4) is 5.75 Å². The molecule has 520 valence electrons. The van der Waals surface area contributed by atoms with E-state index in [9.17, 15) is 15.3 Å². The van der Waals surface area contributed by atoms with E-state index in [-0.39, 0.29) is 6.04 Å². The van der Waals surface area contributed by atoms with Crippen LogP contribution < -0.4 is 10.5 Å². The number of aliphatic hydroxyl groups is 3. The molecular formula is C84H98ClN11O4. The first-order valence-corrected chi connectivity index (χ1v) is 36.0. The number of nitrogens with two attached hydrogens (primary N) is 1. The second kappa shape index (κ2) is 30.0. The zero-order valence-corrected chi connectivity index (χ0v) is 60.5. The molecule has 1 aliphatic carbocycles. The molecule has 16 rings (SSSR count). The highest BCUT2D eigenvalue weighted by atomic mass is 35.5. The predicted octanol–water partition coefficient (Wildman–Crippen LogP) is 14.5. The van der Waals surface area contributed by atoms with Crippen molar-refractivity contribution in [2.24, 2.45) is 5.73 Å². The Hall–Kier alpha value is -8.48. The molecule has 10 heterocycles. The molecule has 0 saturated heterocycles. The first-order chi connectivity index (χ1) is 48.2. The molecule has 100 heavy (non-hydrogen) atoms. The van der Waals surface area contributed by atoms with E-state index in [1.165, 1.54) is 113 Å². The highest BCUT2D eigenvalue weighted by Crippen LogP contribution is 2.39. The molecule has 7 aromatic heterocycles. The molecule has 0 spiro atoms. The summed E-state index contributed by atoms with van der Waals surface area (Å²) in [7, 11) is 8.17. The monoisotopic (exact) mass is 1360 g/mol. The summed E-state index contributed by atoms with van der Waals surface area (Å²) >= 11 is 6.25. The Kier molecular flexibility index (Phi) is 21.0. The SMILES string of the molecule is CN1CCc2c(n(CC(C)(O)c3cccnc3)c3ccc(Cl)cc23)C1.COc1ccc(C(O)Cn2c3c(c4cc(C)ccc42)CCN(C)C3)cc1.Cc1ccc2c(c1)c1c(n2CC(C)(O)c2cccnc2)CCCC1.Cc1ccc2c(c1)c1c(n2CC(N)c2ccncc2)CCN(C)CC1. The standard InChI is InChI=1S/C22H26N2O2.C21H26N4.C21H24N2O.C20H22ClN3O/c1-15-4-9-20-19(12-15)18-10-11-23(2)13-21(18)24(20)14-22(25)16-5-7-17(26-3)8-6-16;1-15-3-4-20-18(13-15)17-7-11-24(2)12-8-21(17)25(20)14-19(22)16-5-9-23-10-6-16;1-15-9-10-20-18(12-15)17-7-3-4-8-19(17)23(20)14-21(2,24)16-6-5-11-22-13-16;1-20(25,14-4-3-8-22-11-14)13-24-18-6-5-15(21)10-17(18)16-7-9-23(2)12-19(16)24/h4-9,12,22,25H,10-11,13-14H2,1-3H3;3-6,9-10,13,19H,7-8,11-12,14,22H2,1-2H3;5-6,9-13,24H,3-4,7-8,14H2,1-2H3;3-6,8,10-11,25H,7,9,12-13H2,1-2H3. The van der Waals surface area contributed by atoms with Crippen LogP contribution in [-0.2, 0) is 89.0 Å². The van der Waals surface area contributed by atoms with Crippen LogP contribution in [0.1, 0.15) is 123 Å². The lowest BCUT2D eigenvalue weighted by atomic mass is 9.94. The second-order valence-corrected chi connectivity index (χ2v) is 29.4. The highest BCUT2D eigenvalue weighted by Gasteiger charge is 2.32. The Labute approximate surface area is 594 Å². The molecule has 0 bridgehead atoms. The Morgan fingerprint density at radius 2 is 0.920 bits per heavy atom. The Morgan fingerprint density at radius 3 is 1.45 bits per heavy atom. The van der Waals surface area contributed by atoms with Crippen LogP contribution in [0.4, 0.5) is 0 Å². The normalized spacial score (nSPS) is 16.7. The molecule has 5 N–H and O–H groups in total. The molecule has 4 unspecified atom stereocenters. The number of pyridine rings is 3. The van der Waals surface area contributed by atoms with Crippen molar-refractivity contribution in [3.63, 3.8) is 0 Å². The lowest BCUT2D eigenvalue weighted by Gasteiger charge is -2.29. The van der Waals surface area contributed by atoms with Crippen LogP contribution >= 0.6 is 11.6 Å². The number of hydrogen-bond acceptors (Lipinski definition) is 11. The first kappa shape index (κ1) is 70.0. The van der Waals surface area contributed by atoms with Crippen LogP contribution in [-0.4, -0.2) is 118 Å². The molecule has 0 amide bonds. The number of aliphatic hydroxyl groups excluding tert-OH is 1. The van der Waals surface area contributed by atoms with E-state index in [2.05, 4.69) is 157 Å². The summed E-state index contributed by atoms with van der Waals surface area (Å²) in [4.78, 5) is 19.5. The maximum atomic E-state index is 11.1. The molecule has 0 saturated carbocycles. The average molecular weight is 1360 g/mol. The van der Waals surface area contributed by atoms with Crippen LogP contribution in [0.5, 0.6) is 5.75 Å². The van der Waals surface area contributed by atoms with Gasteiger partial charge in [0.1, 0.15) is 17.0 Å². The lowest BCUT2D eigenvalue weighted by molar-refractivity contribution is 0.0375. The number of aryl methyl sites for hydroxylation is 4. The summed E-state index contributed by atoms with van der Waals surface area (Å²) in [5.74, 6) is 0.807. The number of fused-ring (bicyclic) bond motifs is 12. The van der Waals surface area contributed by atoms with Crippen molar-refractivity contribution in [2.75, 3.05) is 54.4 Å². The molecule has 15 nitrogen and oxygen atoms in total. The maximum absolute atomic E-state index is 11.1. The van der Waals surface area contributed by atoms with Gasteiger partial charge in [-0.2, -0.15) is 0 Å². The number of likely N-dealkylation sites (N-methyl/N-ethyl adjacent to an activating group) is 3. The second-order valence-electron chi connectivity index (χ2n) is 29.0. The third kappa shape index (κ3) is 15.0. The van der Waals surface area contributed by atoms with Gasteiger partial charge in [0, 0.05) is 178 Å². The zero-order chi connectivity index (χ0) is 70.0. The van der Waals surface area contributed by atoms with Gasteiger partial charge in [-0.3, -0.25) is 15.0 Å². The molecule has 12 aromatic rings. The van der Waals surface area contributed by atoms with E-state index in [0.717, 1.165) is 123 Å². The van der Waals surface area contributed by atoms with Gasteiger partial charge < -0.3 is 58.8 Å². The van der Waals surface area contributed by atoms with Gasteiger partial charge in [0.2, 0.25) is 0 Å². The topological polar surface area (TPSA) is 164 Å². The lowest BCUT2D eigenvalue weighted by Crippen LogP contribution is -2.32. The van der Waals surface area contributed by atoms with Gasteiger partial charge in [0.05, 0.1) is 32.8 Å². The fourth-order valence-electron chi connectivity index (χ4n) is 15.8. The summed E-state index contributed by atoms with van der Waals surface area (Å²) in [5, 5.41) is 39.2. The number of ether oxygens (including phenoxy) is 1. The van der Waals surface area contributed by atoms with Gasteiger partial charge in [0.15, 0.2) is 0 Å². The predicted molar refractivity (Wildman–Crippen MR) is 405 cm³/mol. The van der Waals surface area contributed by atoms with Gasteiger partial charge in [-0.15, -0.1) is 0 Å². The number of benzene rings is 5. The fourth-order valence-corrected chi connectivity index (χ4v) is 16.0. The van der Waals surface area contributed by atoms with E-state index < -0.39 is 17.3 Å². The molecule has 0 fully saturated rings. The number of hydrogen-bond donors (Lipinski definition) is 4. The van der Waals surface area contributed by atoms with Crippen LogP contribution in [0.2, 0.25) is 5.02 Å². The van der Waals surface area contributed by atoms with Gasteiger partial charge in [-0.05, 0) is 225 Å². The van der Waals surface area contributed by atoms with Crippen molar-refractivity contribution in [2.45, 2.75) is 149 Å². The Bertz CT molecular complexity index is 4830. The molecule has 4 aliphatic rings. The number of halogens is 1. The summed E-state index contributed by atoms with van der Waals surface area (Å²) in [6.07, 6.45) is 19.1. The maximum Gasteiger partial charge on any atom is 0.118 e. The molecule has 16 heteroatoms. The fraction of sp³-hybridized carbons (Fsp3) is 0.369. The van der Waals surface area contributed by atoms with Crippen LogP contribution in [0.15, 0.2) is 171 Å². The average Bonchev–Trinajstić information content (AvgIpc) is 1.63. The summed E-state index contributed by atoms with van der Waals surface area (Å²) in [6, 6.07) is 45.5. The molecular weight excluding hydrogens is 1260 g/mol. The Morgan fingerprint density at radius 1 is 0.480 bits per heavy atom. The van der Waals surface area contributed by atoms with Gasteiger partial charge >= 0.3 is 0 Å². The smallest absolute Gasteiger partial charge is 0.118 e. The number of rotatable bonds is 13. The summed E-state index contributed by atoms with van der Waals surface area (Å²) in [6.45, 7) is 18.8. The van der Waals surface area contributed by atoms with Crippen molar-refractivity contribution in [1.82, 2.24) is 47.9 Å². The van der Waals surface area contributed by atoms with Crippen molar-refractivity contribution in [3.05, 3.63) is 260 Å². The van der Waals surface area contributed by atoms with Crippen LogP contribution in [0.25, 0.3) is 43.6 Å². The van der Waals surface area contributed by atoms with E-state index >= 15 is 0 Å². The summed E-state index contributed by atoms with van der Waals surface area (Å²) < 4.78 is 14.6. The number of aromatic nitrogens is 7.